The molecule has 200 valence electrons. The molecule has 0 unspecified atom stereocenters. The summed E-state index contributed by atoms with van der Waals surface area (Å²) in [6.45, 7) is 0.227. The molecule has 0 atom stereocenters. The molecule has 1 saturated carbocycles. The standard InChI is InChI=1S/C25H17BrCl2F3N7S/c26-15-4-2-14(3-5-15)21-17(11-37-13-32-12-33-37)20(36-38(21)19-7-6-16(27)10-18(19)28)22-34-35-23(39-22)24(8-1-9-24)25(29,30)31/h2-7,10,12-13H,1,8-9,11H2. The molecule has 0 N–H and O–H groups in total. The van der Waals surface area contributed by atoms with Crippen molar-refractivity contribution >= 4 is 50.5 Å². The molecule has 5 aromatic rings. The Bertz CT molecular complexity index is 1650. The molecule has 3 aromatic heterocycles. The van der Waals surface area contributed by atoms with E-state index in [9.17, 15) is 13.2 Å². The van der Waals surface area contributed by atoms with Crippen molar-refractivity contribution in [2.75, 3.05) is 0 Å². The SMILES string of the molecule is FC(F)(F)C1(c2nnc(-c3nn(-c4ccc(Cl)cc4Cl)c(-c4ccc(Br)cc4)c3Cn3cncn3)s2)CCC1. The van der Waals surface area contributed by atoms with Crippen molar-refractivity contribution in [2.24, 2.45) is 0 Å². The van der Waals surface area contributed by atoms with Gasteiger partial charge in [-0.3, -0.25) is 0 Å². The summed E-state index contributed by atoms with van der Waals surface area (Å²) < 4.78 is 46.4. The van der Waals surface area contributed by atoms with Crippen LogP contribution in [0.2, 0.25) is 10.0 Å². The summed E-state index contributed by atoms with van der Waals surface area (Å²) in [6, 6.07) is 12.6. The van der Waals surface area contributed by atoms with E-state index in [0.29, 0.717) is 39.1 Å². The van der Waals surface area contributed by atoms with E-state index < -0.39 is 11.6 Å². The van der Waals surface area contributed by atoms with Gasteiger partial charge >= 0.3 is 6.18 Å². The lowest BCUT2D eigenvalue weighted by Gasteiger charge is -2.40. The molecule has 1 fully saturated rings. The molecule has 0 spiro atoms. The largest absolute Gasteiger partial charge is 0.400 e. The normalized spacial score (nSPS) is 14.9. The van der Waals surface area contributed by atoms with Gasteiger partial charge < -0.3 is 0 Å². The number of nitrogens with zero attached hydrogens (tertiary/aromatic N) is 7. The Morgan fingerprint density at radius 2 is 1.82 bits per heavy atom. The van der Waals surface area contributed by atoms with Crippen LogP contribution >= 0.6 is 50.5 Å². The number of rotatable bonds is 6. The van der Waals surface area contributed by atoms with Gasteiger partial charge in [0.25, 0.3) is 0 Å². The summed E-state index contributed by atoms with van der Waals surface area (Å²) in [7, 11) is 0. The zero-order chi connectivity index (χ0) is 27.4. The lowest BCUT2D eigenvalue weighted by molar-refractivity contribution is -0.212. The Morgan fingerprint density at radius 1 is 1.05 bits per heavy atom. The maximum absolute atomic E-state index is 14.1. The van der Waals surface area contributed by atoms with E-state index in [1.165, 1.54) is 6.33 Å². The number of hydrogen-bond acceptors (Lipinski definition) is 6. The highest BCUT2D eigenvalue weighted by Gasteiger charge is 2.61. The van der Waals surface area contributed by atoms with Crippen LogP contribution < -0.4 is 0 Å². The first-order chi connectivity index (χ1) is 18.7. The number of aromatic nitrogens is 7. The average Bonchev–Trinajstić information content (AvgIpc) is 3.59. The quantitative estimate of drug-likeness (QED) is 0.187. The molecule has 0 amide bonds. The van der Waals surface area contributed by atoms with Crippen LogP contribution in [0.4, 0.5) is 13.2 Å². The Morgan fingerprint density at radius 3 is 2.44 bits per heavy atom. The van der Waals surface area contributed by atoms with Gasteiger partial charge in [0.1, 0.15) is 28.8 Å². The van der Waals surface area contributed by atoms with E-state index in [1.54, 1.807) is 33.9 Å². The molecule has 0 aliphatic heterocycles. The van der Waals surface area contributed by atoms with Crippen LogP contribution in [0.3, 0.4) is 0 Å². The molecule has 1 aliphatic carbocycles. The fourth-order valence-electron chi connectivity index (χ4n) is 4.64. The smallest absolute Gasteiger partial charge is 0.248 e. The molecule has 0 radical (unpaired) electrons. The van der Waals surface area contributed by atoms with E-state index in [1.807, 2.05) is 24.3 Å². The predicted octanol–water partition coefficient (Wildman–Crippen LogP) is 7.75. The molecular formula is C25H17BrCl2F3N7S. The van der Waals surface area contributed by atoms with Gasteiger partial charge in [0.05, 0.1) is 22.9 Å². The van der Waals surface area contributed by atoms with Crippen LogP contribution in [0.5, 0.6) is 0 Å². The van der Waals surface area contributed by atoms with Crippen LogP contribution in [0, 0.1) is 0 Å². The zero-order valence-electron chi connectivity index (χ0n) is 19.8. The second kappa shape index (κ2) is 9.99. The predicted molar refractivity (Wildman–Crippen MR) is 146 cm³/mol. The Balaban J connectivity index is 1.59. The number of hydrogen-bond donors (Lipinski definition) is 0. The van der Waals surface area contributed by atoms with Crippen LogP contribution in [0.15, 0.2) is 59.6 Å². The third-order valence-electron chi connectivity index (χ3n) is 6.81. The van der Waals surface area contributed by atoms with Gasteiger partial charge in [-0.1, -0.05) is 69.0 Å². The fraction of sp³-hybridized carbons (Fsp3) is 0.240. The van der Waals surface area contributed by atoms with Gasteiger partial charge in [0.15, 0.2) is 5.01 Å². The van der Waals surface area contributed by atoms with Crippen LogP contribution in [-0.2, 0) is 12.0 Å². The second-order valence-electron chi connectivity index (χ2n) is 9.13. The van der Waals surface area contributed by atoms with Crippen molar-refractivity contribution in [3.63, 3.8) is 0 Å². The van der Waals surface area contributed by atoms with E-state index in [-0.39, 0.29) is 29.4 Å². The Kier molecular flexibility index (Phi) is 6.77. The molecule has 39 heavy (non-hydrogen) atoms. The van der Waals surface area contributed by atoms with Crippen molar-refractivity contribution in [2.45, 2.75) is 37.4 Å². The molecule has 1 aliphatic rings. The summed E-state index contributed by atoms with van der Waals surface area (Å²) in [4.78, 5) is 4.04. The second-order valence-corrected chi connectivity index (χ2v) is 11.9. The third kappa shape index (κ3) is 4.66. The fourth-order valence-corrected chi connectivity index (χ4v) is 6.52. The molecule has 14 heteroatoms. The van der Waals surface area contributed by atoms with Crippen molar-refractivity contribution in [1.82, 2.24) is 34.7 Å². The van der Waals surface area contributed by atoms with Gasteiger partial charge in [-0.2, -0.15) is 23.4 Å². The highest BCUT2D eigenvalue weighted by molar-refractivity contribution is 9.10. The maximum Gasteiger partial charge on any atom is 0.400 e. The molecular weight excluding hydrogens is 638 g/mol. The lowest BCUT2D eigenvalue weighted by atomic mass is 9.68. The number of benzene rings is 2. The number of alkyl halides is 3. The summed E-state index contributed by atoms with van der Waals surface area (Å²) >= 11 is 17.2. The van der Waals surface area contributed by atoms with Crippen LogP contribution in [-0.4, -0.2) is 40.9 Å². The van der Waals surface area contributed by atoms with Crippen LogP contribution in [0.1, 0.15) is 29.8 Å². The highest BCUT2D eigenvalue weighted by Crippen LogP contribution is 2.55. The molecule has 3 heterocycles. The lowest BCUT2D eigenvalue weighted by Crippen LogP contribution is -2.47. The Hall–Kier alpha value is -2.80. The first-order valence-electron chi connectivity index (χ1n) is 11.7. The minimum Gasteiger partial charge on any atom is -0.248 e. The van der Waals surface area contributed by atoms with E-state index in [4.69, 9.17) is 28.3 Å². The maximum atomic E-state index is 14.1. The molecule has 0 bridgehead atoms. The van der Waals surface area contributed by atoms with Gasteiger partial charge in [-0.15, -0.1) is 10.2 Å². The minimum absolute atomic E-state index is 0.00405. The summed E-state index contributed by atoms with van der Waals surface area (Å²) in [5.74, 6) is 0. The van der Waals surface area contributed by atoms with Crippen molar-refractivity contribution in [3.8, 4) is 27.6 Å². The van der Waals surface area contributed by atoms with Crippen molar-refractivity contribution in [3.05, 3.63) is 80.2 Å². The van der Waals surface area contributed by atoms with E-state index in [2.05, 4.69) is 36.2 Å². The zero-order valence-corrected chi connectivity index (χ0v) is 23.7. The topological polar surface area (TPSA) is 74.3 Å². The van der Waals surface area contributed by atoms with Gasteiger partial charge in [-0.05, 0) is 43.2 Å². The molecule has 7 nitrogen and oxygen atoms in total. The van der Waals surface area contributed by atoms with Gasteiger partial charge in [-0.25, -0.2) is 14.3 Å². The molecule has 6 rings (SSSR count). The van der Waals surface area contributed by atoms with Crippen molar-refractivity contribution < 1.29 is 13.2 Å². The Labute approximate surface area is 242 Å². The third-order valence-corrected chi connectivity index (χ3v) is 9.01. The minimum atomic E-state index is -4.41. The van der Waals surface area contributed by atoms with E-state index >= 15 is 0 Å². The summed E-state index contributed by atoms with van der Waals surface area (Å²) in [5, 5.41) is 18.4. The highest BCUT2D eigenvalue weighted by atomic mass is 79.9. The van der Waals surface area contributed by atoms with Crippen molar-refractivity contribution in [1.29, 1.82) is 0 Å². The monoisotopic (exact) mass is 653 g/mol. The van der Waals surface area contributed by atoms with Crippen LogP contribution in [0.25, 0.3) is 27.6 Å². The first kappa shape index (κ1) is 26.4. The van der Waals surface area contributed by atoms with Gasteiger partial charge in [0.2, 0.25) is 0 Å². The van der Waals surface area contributed by atoms with E-state index in [0.717, 1.165) is 21.4 Å². The average molecular weight is 655 g/mol. The van der Waals surface area contributed by atoms with Gasteiger partial charge in [0, 0.05) is 20.6 Å². The summed E-state index contributed by atoms with van der Waals surface area (Å²) in [6.07, 6.45) is -0.966. The molecule has 0 saturated heterocycles. The molecule has 2 aromatic carbocycles. The first-order valence-corrected chi connectivity index (χ1v) is 14.1. The number of halogens is 6. The summed E-state index contributed by atoms with van der Waals surface area (Å²) in [5.41, 5.74) is 1.10.